The number of nitrogens with zero attached hydrogens (tertiary/aromatic N) is 3. The summed E-state index contributed by atoms with van der Waals surface area (Å²) in [4.78, 5) is 10.6. The van der Waals surface area contributed by atoms with Crippen LogP contribution in [0.4, 0.5) is 0 Å². The molecule has 1 aromatic carbocycles. The topological polar surface area (TPSA) is 46.7 Å². The minimum atomic E-state index is 0.621. The van der Waals surface area contributed by atoms with E-state index in [0.717, 1.165) is 10.2 Å². The highest BCUT2D eigenvalue weighted by atomic mass is 32.1. The van der Waals surface area contributed by atoms with Crippen LogP contribution in [0.5, 0.6) is 0 Å². The van der Waals surface area contributed by atoms with E-state index in [0.29, 0.717) is 4.80 Å². The van der Waals surface area contributed by atoms with Crippen molar-refractivity contribution in [2.75, 3.05) is 0 Å². The molecule has 0 unspecified atom stereocenters. The maximum atomic E-state index is 9.98. The second-order valence-electron chi connectivity index (χ2n) is 2.59. The Bertz CT molecular complexity index is 511. The minimum absolute atomic E-state index is 0.621. The summed E-state index contributed by atoms with van der Waals surface area (Å²) in [6, 6.07) is 7.88. The number of aryl methyl sites for hydroxylation is 1. The van der Waals surface area contributed by atoms with E-state index in [1.54, 1.807) is 0 Å². The molecule has 1 aromatic heterocycles. The summed E-state index contributed by atoms with van der Waals surface area (Å²) in [5.74, 6) is 0. The first kappa shape index (κ1) is 8.12. The molecule has 0 saturated heterocycles. The SMILES string of the molecule is Cn1/c(=N\N=O)sc2ccccc21. The van der Waals surface area contributed by atoms with Crippen molar-refractivity contribution in [3.63, 3.8) is 0 Å². The fourth-order valence-corrected chi connectivity index (χ4v) is 2.18. The number of rotatable bonds is 1. The molecule has 0 N–H and O–H groups in total. The summed E-state index contributed by atoms with van der Waals surface area (Å²) < 4.78 is 2.95. The van der Waals surface area contributed by atoms with Crippen LogP contribution in [0.15, 0.2) is 34.7 Å². The zero-order valence-corrected chi connectivity index (χ0v) is 7.78. The maximum Gasteiger partial charge on any atom is 0.214 e. The van der Waals surface area contributed by atoms with Gasteiger partial charge >= 0.3 is 0 Å². The van der Waals surface area contributed by atoms with Crippen LogP contribution >= 0.6 is 11.3 Å². The molecule has 13 heavy (non-hydrogen) atoms. The van der Waals surface area contributed by atoms with Gasteiger partial charge in [0.25, 0.3) is 0 Å². The summed E-state index contributed by atoms with van der Waals surface area (Å²) in [6.07, 6.45) is 0. The van der Waals surface area contributed by atoms with Gasteiger partial charge in [0.15, 0.2) is 0 Å². The van der Waals surface area contributed by atoms with Gasteiger partial charge in [-0.3, -0.25) is 0 Å². The number of benzene rings is 1. The number of hydrogen-bond acceptors (Lipinski definition) is 3. The van der Waals surface area contributed by atoms with Crippen LogP contribution in [0.25, 0.3) is 10.2 Å². The van der Waals surface area contributed by atoms with Crippen molar-refractivity contribution < 1.29 is 0 Å². The van der Waals surface area contributed by atoms with Gasteiger partial charge in [-0.05, 0) is 12.1 Å². The van der Waals surface area contributed by atoms with Crippen LogP contribution in [0.2, 0.25) is 0 Å². The largest absolute Gasteiger partial charge is 0.318 e. The third kappa shape index (κ3) is 1.27. The molecule has 0 amide bonds. The second kappa shape index (κ2) is 3.10. The maximum absolute atomic E-state index is 9.98. The van der Waals surface area contributed by atoms with Crippen molar-refractivity contribution in [2.45, 2.75) is 0 Å². The zero-order valence-electron chi connectivity index (χ0n) is 6.97. The smallest absolute Gasteiger partial charge is 0.214 e. The van der Waals surface area contributed by atoms with Crippen LogP contribution in [-0.2, 0) is 7.05 Å². The minimum Gasteiger partial charge on any atom is -0.318 e. The van der Waals surface area contributed by atoms with Gasteiger partial charge in [-0.2, -0.15) is 0 Å². The fraction of sp³-hybridized carbons (Fsp3) is 0.125. The van der Waals surface area contributed by atoms with Crippen molar-refractivity contribution >= 4 is 21.6 Å². The van der Waals surface area contributed by atoms with Crippen molar-refractivity contribution in [1.29, 1.82) is 0 Å². The Kier molecular flexibility index (Phi) is 1.94. The quantitative estimate of drug-likeness (QED) is 0.503. The standard InChI is InChI=1S/C8H7N3OS/c1-11-6-4-2-3-5-7(6)13-8(11)9-10-12/h2-5H,1H3/b9-8+. The monoisotopic (exact) mass is 193 g/mol. The van der Waals surface area contributed by atoms with Gasteiger partial charge in [0.1, 0.15) is 0 Å². The number of hydrogen-bond donors (Lipinski definition) is 0. The molecule has 0 bridgehead atoms. The molecule has 2 rings (SSSR count). The zero-order chi connectivity index (χ0) is 9.26. The first-order valence-electron chi connectivity index (χ1n) is 3.74. The average Bonchev–Trinajstić information content (AvgIpc) is 2.46. The Labute approximate surface area is 78.1 Å². The molecule has 0 aliphatic carbocycles. The highest BCUT2D eigenvalue weighted by Gasteiger charge is 2.00. The lowest BCUT2D eigenvalue weighted by molar-refractivity contribution is 0.886. The van der Waals surface area contributed by atoms with Crippen molar-refractivity contribution in [2.24, 2.45) is 17.4 Å². The van der Waals surface area contributed by atoms with Gasteiger partial charge in [0, 0.05) is 7.05 Å². The molecule has 1 heterocycles. The van der Waals surface area contributed by atoms with Gasteiger partial charge in [-0.1, -0.05) is 28.6 Å². The highest BCUT2D eigenvalue weighted by molar-refractivity contribution is 7.16. The fourth-order valence-electron chi connectivity index (χ4n) is 1.21. The molecular formula is C8H7N3OS. The van der Waals surface area contributed by atoms with E-state index in [4.69, 9.17) is 0 Å². The van der Waals surface area contributed by atoms with Crippen molar-refractivity contribution in [1.82, 2.24) is 4.57 Å². The van der Waals surface area contributed by atoms with E-state index >= 15 is 0 Å². The van der Waals surface area contributed by atoms with E-state index in [2.05, 4.69) is 10.4 Å². The van der Waals surface area contributed by atoms with Crippen LogP contribution in [0.1, 0.15) is 0 Å². The van der Waals surface area contributed by atoms with E-state index in [9.17, 15) is 4.91 Å². The van der Waals surface area contributed by atoms with E-state index < -0.39 is 0 Å². The molecule has 2 aromatic rings. The number of fused-ring (bicyclic) bond motifs is 1. The molecule has 0 aliphatic heterocycles. The summed E-state index contributed by atoms with van der Waals surface area (Å²) in [7, 11) is 1.86. The van der Waals surface area contributed by atoms with E-state index in [1.807, 2.05) is 35.9 Å². The molecule has 66 valence electrons. The Morgan fingerprint density at radius 1 is 1.38 bits per heavy atom. The van der Waals surface area contributed by atoms with Gasteiger partial charge in [0.05, 0.1) is 15.5 Å². The Morgan fingerprint density at radius 2 is 2.15 bits per heavy atom. The molecule has 0 spiro atoms. The molecular weight excluding hydrogens is 186 g/mol. The summed E-state index contributed by atoms with van der Waals surface area (Å²) in [6.45, 7) is 0. The third-order valence-corrected chi connectivity index (χ3v) is 2.94. The Morgan fingerprint density at radius 3 is 2.85 bits per heavy atom. The van der Waals surface area contributed by atoms with Crippen LogP contribution in [-0.4, -0.2) is 4.57 Å². The molecule has 5 heteroatoms. The van der Waals surface area contributed by atoms with E-state index in [-0.39, 0.29) is 0 Å². The second-order valence-corrected chi connectivity index (χ2v) is 3.60. The van der Waals surface area contributed by atoms with Crippen LogP contribution in [0.3, 0.4) is 0 Å². The Hall–Kier alpha value is -1.49. The molecule has 0 fully saturated rings. The lowest BCUT2D eigenvalue weighted by Gasteiger charge is -1.91. The number of thiazole rings is 1. The average molecular weight is 193 g/mol. The Balaban J connectivity index is 2.89. The summed E-state index contributed by atoms with van der Waals surface area (Å²) >= 11 is 1.45. The lowest BCUT2D eigenvalue weighted by Crippen LogP contribution is -2.08. The first-order chi connectivity index (χ1) is 6.33. The third-order valence-electron chi connectivity index (χ3n) is 1.84. The molecule has 0 aliphatic rings. The number of para-hydroxylation sites is 1. The van der Waals surface area contributed by atoms with Crippen LogP contribution < -0.4 is 4.80 Å². The normalized spacial score (nSPS) is 12.2. The van der Waals surface area contributed by atoms with Crippen molar-refractivity contribution in [3.05, 3.63) is 34.0 Å². The molecule has 0 saturated carbocycles. The van der Waals surface area contributed by atoms with Gasteiger partial charge < -0.3 is 4.57 Å². The van der Waals surface area contributed by atoms with Gasteiger partial charge in [0.2, 0.25) is 4.80 Å². The lowest BCUT2D eigenvalue weighted by atomic mass is 10.3. The number of aromatic nitrogens is 1. The highest BCUT2D eigenvalue weighted by Crippen LogP contribution is 2.14. The number of nitroso groups, excluding NO2 is 1. The summed E-state index contributed by atoms with van der Waals surface area (Å²) in [5.41, 5.74) is 1.06. The molecule has 0 radical (unpaired) electrons. The van der Waals surface area contributed by atoms with Gasteiger partial charge in [-0.15, -0.1) is 4.91 Å². The first-order valence-corrected chi connectivity index (χ1v) is 4.55. The van der Waals surface area contributed by atoms with Crippen molar-refractivity contribution in [3.8, 4) is 0 Å². The summed E-state index contributed by atoms with van der Waals surface area (Å²) in [5, 5.41) is 6.02. The predicted octanol–water partition coefficient (Wildman–Crippen LogP) is 1.82. The molecule has 4 nitrogen and oxygen atoms in total. The predicted molar refractivity (Wildman–Crippen MR) is 52.2 cm³/mol. The van der Waals surface area contributed by atoms with E-state index in [1.165, 1.54) is 11.3 Å². The van der Waals surface area contributed by atoms with Gasteiger partial charge in [-0.25, -0.2) is 0 Å². The van der Waals surface area contributed by atoms with Crippen LogP contribution in [0, 0.1) is 4.91 Å². The molecule has 0 atom stereocenters.